The summed E-state index contributed by atoms with van der Waals surface area (Å²) in [5.74, 6) is 0.201. The Morgan fingerprint density at radius 3 is 2.28 bits per heavy atom. The van der Waals surface area contributed by atoms with Crippen LogP contribution in [0.25, 0.3) is 5.69 Å². The van der Waals surface area contributed by atoms with E-state index >= 15 is 0 Å². The lowest BCUT2D eigenvalue weighted by atomic mass is 10.3. The topological polar surface area (TPSA) is 82.4 Å². The van der Waals surface area contributed by atoms with Crippen LogP contribution in [-0.4, -0.2) is 32.4 Å². The van der Waals surface area contributed by atoms with Gasteiger partial charge in [-0.1, -0.05) is 11.6 Å². The van der Waals surface area contributed by atoms with Gasteiger partial charge in [-0.2, -0.15) is 5.10 Å². The molecule has 3 rings (SSSR count). The zero-order valence-corrected chi connectivity index (χ0v) is 17.7. The molecule has 0 aliphatic carbocycles. The maximum Gasteiger partial charge on any atom is 0.265 e. The summed E-state index contributed by atoms with van der Waals surface area (Å²) >= 11 is 6.13. The first-order valence-corrected chi connectivity index (χ1v) is 10.3. The monoisotopic (exact) mass is 439 g/mol. The number of nitrogens with zero attached hydrogens (tertiary/aromatic N) is 2. The normalized spacial score (nSPS) is 11.4. The summed E-state index contributed by atoms with van der Waals surface area (Å²) in [4.78, 5) is 0.0100. The van der Waals surface area contributed by atoms with Crippen molar-refractivity contribution in [2.24, 2.45) is 0 Å². The predicted octanol–water partition coefficient (Wildman–Crippen LogP) is 4.10. The Hall–Kier alpha value is -2.78. The number of methoxy groups -OCH3 is 2. The second-order valence-electron chi connectivity index (χ2n) is 6.18. The lowest BCUT2D eigenvalue weighted by Gasteiger charge is -2.14. The molecule has 10 heteroatoms. The number of nitrogens with one attached hydrogen (secondary N) is 1. The molecule has 7 nitrogen and oxygen atoms in total. The molecule has 0 amide bonds. The molecule has 154 valence electrons. The number of sulfonamides is 1. The van der Waals surface area contributed by atoms with Crippen molar-refractivity contribution in [1.82, 2.24) is 9.78 Å². The average molecular weight is 440 g/mol. The van der Waals surface area contributed by atoms with Crippen molar-refractivity contribution in [3.63, 3.8) is 0 Å². The molecule has 1 aromatic heterocycles. The van der Waals surface area contributed by atoms with E-state index in [0.29, 0.717) is 17.1 Å². The van der Waals surface area contributed by atoms with Crippen molar-refractivity contribution < 1.29 is 22.3 Å². The van der Waals surface area contributed by atoms with Gasteiger partial charge in [0.05, 0.1) is 42.0 Å². The number of aryl methyl sites for hydroxylation is 1. The Morgan fingerprint density at radius 1 is 1.07 bits per heavy atom. The molecule has 0 unspecified atom stereocenters. The number of benzene rings is 2. The molecule has 29 heavy (non-hydrogen) atoms. The lowest BCUT2D eigenvalue weighted by Crippen LogP contribution is -2.15. The van der Waals surface area contributed by atoms with E-state index in [1.165, 1.54) is 55.3 Å². The molecule has 2 aromatic carbocycles. The van der Waals surface area contributed by atoms with Crippen molar-refractivity contribution in [2.45, 2.75) is 18.7 Å². The smallest absolute Gasteiger partial charge is 0.265 e. The highest BCUT2D eigenvalue weighted by Crippen LogP contribution is 2.37. The molecule has 0 saturated heterocycles. The molecule has 1 heterocycles. The zero-order chi connectivity index (χ0) is 21.3. The van der Waals surface area contributed by atoms with Crippen molar-refractivity contribution in [1.29, 1.82) is 0 Å². The molecule has 0 atom stereocenters. The molecule has 0 radical (unpaired) electrons. The Morgan fingerprint density at radius 2 is 1.69 bits per heavy atom. The van der Waals surface area contributed by atoms with Gasteiger partial charge in [0, 0.05) is 6.07 Å². The number of hydrogen-bond donors (Lipinski definition) is 1. The standard InChI is InChI=1S/C19H19ClFN3O4S/c1-11-19(12(2)24(22-11)14-7-5-13(21)6-8-14)29(25,26)23-16-9-15(20)17(27-3)10-18(16)28-4/h5-10,23H,1-4H3. The number of aromatic nitrogens is 2. The quantitative estimate of drug-likeness (QED) is 0.625. The number of rotatable bonds is 6. The largest absolute Gasteiger partial charge is 0.495 e. The minimum absolute atomic E-state index is 0.0100. The van der Waals surface area contributed by atoms with E-state index in [9.17, 15) is 12.8 Å². The second kappa shape index (κ2) is 7.92. The molecule has 0 aliphatic heterocycles. The average Bonchev–Trinajstić information content (AvgIpc) is 2.97. The summed E-state index contributed by atoms with van der Waals surface area (Å²) < 4.78 is 53.8. The van der Waals surface area contributed by atoms with Gasteiger partial charge in [0.1, 0.15) is 22.2 Å². The Kier molecular flexibility index (Phi) is 5.72. The molecule has 3 aromatic rings. The van der Waals surface area contributed by atoms with Gasteiger partial charge in [0.2, 0.25) is 0 Å². The van der Waals surface area contributed by atoms with E-state index in [-0.39, 0.29) is 27.0 Å². The van der Waals surface area contributed by atoms with Gasteiger partial charge in [-0.15, -0.1) is 0 Å². The first-order chi connectivity index (χ1) is 13.7. The first-order valence-electron chi connectivity index (χ1n) is 8.44. The van der Waals surface area contributed by atoms with Gasteiger partial charge in [0.25, 0.3) is 10.0 Å². The van der Waals surface area contributed by atoms with E-state index in [0.717, 1.165) is 0 Å². The lowest BCUT2D eigenvalue weighted by molar-refractivity contribution is 0.396. The fraction of sp³-hybridized carbons (Fsp3) is 0.211. The van der Waals surface area contributed by atoms with Crippen molar-refractivity contribution >= 4 is 27.3 Å². The fourth-order valence-electron chi connectivity index (χ4n) is 2.99. The van der Waals surface area contributed by atoms with Crippen LogP contribution < -0.4 is 14.2 Å². The van der Waals surface area contributed by atoms with Crippen molar-refractivity contribution in [3.8, 4) is 17.2 Å². The van der Waals surface area contributed by atoms with Crippen LogP contribution in [0.2, 0.25) is 5.02 Å². The van der Waals surface area contributed by atoms with E-state index in [2.05, 4.69) is 9.82 Å². The van der Waals surface area contributed by atoms with Gasteiger partial charge >= 0.3 is 0 Å². The van der Waals surface area contributed by atoms with E-state index in [1.54, 1.807) is 13.8 Å². The minimum atomic E-state index is -4.03. The zero-order valence-electron chi connectivity index (χ0n) is 16.2. The fourth-order valence-corrected chi connectivity index (χ4v) is 4.68. The summed E-state index contributed by atoms with van der Waals surface area (Å²) in [5, 5.41) is 4.53. The summed E-state index contributed by atoms with van der Waals surface area (Å²) in [5.41, 5.74) is 1.36. The third-order valence-electron chi connectivity index (χ3n) is 4.28. The minimum Gasteiger partial charge on any atom is -0.495 e. The number of halogens is 2. The third-order valence-corrected chi connectivity index (χ3v) is 6.20. The van der Waals surface area contributed by atoms with Crippen LogP contribution in [0, 0.1) is 19.7 Å². The van der Waals surface area contributed by atoms with Crippen molar-refractivity contribution in [3.05, 3.63) is 58.6 Å². The Bertz CT molecular complexity index is 1160. The number of ether oxygens (including phenoxy) is 2. The number of anilines is 1. The van der Waals surface area contributed by atoms with E-state index < -0.39 is 15.8 Å². The summed E-state index contributed by atoms with van der Waals surface area (Å²) in [7, 11) is -1.17. The molecule has 0 aliphatic rings. The van der Waals surface area contributed by atoms with Gasteiger partial charge < -0.3 is 9.47 Å². The molecule has 0 saturated carbocycles. The van der Waals surface area contributed by atoms with Crippen LogP contribution in [0.3, 0.4) is 0 Å². The van der Waals surface area contributed by atoms with E-state index in [1.807, 2.05) is 0 Å². The van der Waals surface area contributed by atoms with E-state index in [4.69, 9.17) is 21.1 Å². The maximum absolute atomic E-state index is 13.2. The summed E-state index contributed by atoms with van der Waals surface area (Å²) in [6.07, 6.45) is 0. The Labute approximate surface area is 173 Å². The SMILES string of the molecule is COc1cc(OC)c(NS(=O)(=O)c2c(C)nn(-c3ccc(F)cc3)c2C)cc1Cl. The first kappa shape index (κ1) is 20.9. The number of hydrogen-bond acceptors (Lipinski definition) is 5. The molecular formula is C19H19ClFN3O4S. The van der Waals surface area contributed by atoms with Crippen LogP contribution in [-0.2, 0) is 10.0 Å². The molecule has 1 N–H and O–H groups in total. The van der Waals surface area contributed by atoms with Crippen LogP contribution in [0.5, 0.6) is 11.5 Å². The van der Waals surface area contributed by atoms with Crippen LogP contribution >= 0.6 is 11.6 Å². The van der Waals surface area contributed by atoms with Crippen LogP contribution in [0.4, 0.5) is 10.1 Å². The highest BCUT2D eigenvalue weighted by molar-refractivity contribution is 7.92. The van der Waals surface area contributed by atoms with Gasteiger partial charge in [-0.25, -0.2) is 17.5 Å². The second-order valence-corrected chi connectivity index (χ2v) is 8.21. The molecular weight excluding hydrogens is 421 g/mol. The van der Waals surface area contributed by atoms with Gasteiger partial charge in [-0.3, -0.25) is 4.72 Å². The van der Waals surface area contributed by atoms with Gasteiger partial charge in [-0.05, 0) is 44.2 Å². The summed E-state index contributed by atoms with van der Waals surface area (Å²) in [6, 6.07) is 8.49. The molecule has 0 spiro atoms. The summed E-state index contributed by atoms with van der Waals surface area (Å²) in [6.45, 7) is 3.20. The van der Waals surface area contributed by atoms with Gasteiger partial charge in [0.15, 0.2) is 0 Å². The van der Waals surface area contributed by atoms with Crippen LogP contribution in [0.15, 0.2) is 41.3 Å². The highest BCUT2D eigenvalue weighted by atomic mass is 35.5. The highest BCUT2D eigenvalue weighted by Gasteiger charge is 2.27. The third kappa shape index (κ3) is 4.01. The van der Waals surface area contributed by atoms with Crippen molar-refractivity contribution in [2.75, 3.05) is 18.9 Å². The maximum atomic E-state index is 13.2. The predicted molar refractivity (Wildman–Crippen MR) is 108 cm³/mol. The Balaban J connectivity index is 2.05. The van der Waals surface area contributed by atoms with Crippen LogP contribution in [0.1, 0.15) is 11.4 Å². The molecule has 0 fully saturated rings. The molecule has 0 bridgehead atoms.